The quantitative estimate of drug-likeness (QED) is 0.715. The second-order valence-corrected chi connectivity index (χ2v) is 6.95. The van der Waals surface area contributed by atoms with Crippen LogP contribution < -0.4 is 9.80 Å². The van der Waals surface area contributed by atoms with Crippen LogP contribution in [0, 0.1) is 20.8 Å². The molecule has 0 N–H and O–H groups in total. The fourth-order valence-corrected chi connectivity index (χ4v) is 3.46. The first-order chi connectivity index (χ1) is 13.1. The Kier molecular flexibility index (Phi) is 4.71. The SMILES string of the molecule is Cc1cc(C)nc(N2CCN(c3cc(-c4ccccc4)nc(C)n3)CC2)n1. The van der Waals surface area contributed by atoms with E-state index in [9.17, 15) is 0 Å². The summed E-state index contributed by atoms with van der Waals surface area (Å²) in [7, 11) is 0. The van der Waals surface area contributed by atoms with Gasteiger partial charge in [0.05, 0.1) is 5.69 Å². The van der Waals surface area contributed by atoms with Crippen molar-refractivity contribution in [3.8, 4) is 11.3 Å². The minimum Gasteiger partial charge on any atom is -0.353 e. The molecule has 0 spiro atoms. The molecule has 0 aliphatic carbocycles. The average molecular weight is 360 g/mol. The minimum atomic E-state index is 0.798. The maximum atomic E-state index is 4.67. The lowest BCUT2D eigenvalue weighted by Crippen LogP contribution is -2.47. The smallest absolute Gasteiger partial charge is 0.225 e. The Balaban J connectivity index is 1.52. The van der Waals surface area contributed by atoms with E-state index in [0.29, 0.717) is 0 Å². The maximum Gasteiger partial charge on any atom is 0.225 e. The van der Waals surface area contributed by atoms with Crippen LogP contribution in [0.25, 0.3) is 11.3 Å². The van der Waals surface area contributed by atoms with Crippen molar-refractivity contribution in [3.63, 3.8) is 0 Å². The first-order valence-electron chi connectivity index (χ1n) is 9.32. The first kappa shape index (κ1) is 17.4. The summed E-state index contributed by atoms with van der Waals surface area (Å²) in [5.74, 6) is 2.62. The third-order valence-electron chi connectivity index (χ3n) is 4.75. The van der Waals surface area contributed by atoms with Crippen LogP contribution in [-0.4, -0.2) is 46.1 Å². The van der Waals surface area contributed by atoms with Crippen LogP contribution in [0.3, 0.4) is 0 Å². The monoisotopic (exact) mass is 360 g/mol. The van der Waals surface area contributed by atoms with Crippen molar-refractivity contribution < 1.29 is 0 Å². The molecule has 6 heteroatoms. The second-order valence-electron chi connectivity index (χ2n) is 6.95. The number of aryl methyl sites for hydroxylation is 3. The van der Waals surface area contributed by atoms with Gasteiger partial charge in [0, 0.05) is 49.2 Å². The summed E-state index contributed by atoms with van der Waals surface area (Å²) in [5.41, 5.74) is 4.11. The van der Waals surface area contributed by atoms with Gasteiger partial charge in [-0.1, -0.05) is 30.3 Å². The fourth-order valence-electron chi connectivity index (χ4n) is 3.46. The molecule has 1 aliphatic rings. The Morgan fingerprint density at radius 2 is 1.33 bits per heavy atom. The van der Waals surface area contributed by atoms with Crippen LogP contribution in [0.4, 0.5) is 11.8 Å². The number of hydrogen-bond acceptors (Lipinski definition) is 6. The zero-order valence-corrected chi connectivity index (χ0v) is 16.1. The molecule has 138 valence electrons. The number of hydrogen-bond donors (Lipinski definition) is 0. The van der Waals surface area contributed by atoms with E-state index in [4.69, 9.17) is 0 Å². The van der Waals surface area contributed by atoms with Gasteiger partial charge in [0.15, 0.2) is 0 Å². The number of anilines is 2. The van der Waals surface area contributed by atoms with Gasteiger partial charge in [0.25, 0.3) is 0 Å². The summed E-state index contributed by atoms with van der Waals surface area (Å²) in [6.45, 7) is 9.53. The summed E-state index contributed by atoms with van der Waals surface area (Å²) in [5, 5.41) is 0. The Morgan fingerprint density at radius 3 is 2.00 bits per heavy atom. The molecule has 4 rings (SSSR count). The summed E-state index contributed by atoms with van der Waals surface area (Å²) in [4.78, 5) is 23.0. The third-order valence-corrected chi connectivity index (χ3v) is 4.75. The highest BCUT2D eigenvalue weighted by molar-refractivity contribution is 5.63. The van der Waals surface area contributed by atoms with Gasteiger partial charge in [-0.15, -0.1) is 0 Å². The van der Waals surface area contributed by atoms with Crippen LogP contribution in [0.5, 0.6) is 0 Å². The third kappa shape index (κ3) is 3.89. The predicted molar refractivity (Wildman–Crippen MR) is 108 cm³/mol. The van der Waals surface area contributed by atoms with Gasteiger partial charge in [-0.05, 0) is 26.8 Å². The Labute approximate surface area is 159 Å². The summed E-state index contributed by atoms with van der Waals surface area (Å²) < 4.78 is 0. The number of nitrogens with zero attached hydrogens (tertiary/aromatic N) is 6. The molecule has 0 amide bonds. The lowest BCUT2D eigenvalue weighted by molar-refractivity contribution is 0.631. The van der Waals surface area contributed by atoms with Crippen molar-refractivity contribution in [3.05, 3.63) is 59.7 Å². The largest absolute Gasteiger partial charge is 0.353 e. The molecule has 27 heavy (non-hydrogen) atoms. The molecule has 1 fully saturated rings. The molecule has 1 aliphatic heterocycles. The van der Waals surface area contributed by atoms with E-state index in [1.54, 1.807) is 0 Å². The number of aromatic nitrogens is 4. The Hall–Kier alpha value is -3.02. The molecule has 0 atom stereocenters. The van der Waals surface area contributed by atoms with Crippen LogP contribution in [-0.2, 0) is 0 Å². The predicted octanol–water partition coefficient (Wildman–Crippen LogP) is 3.19. The van der Waals surface area contributed by atoms with E-state index in [1.807, 2.05) is 45.0 Å². The molecule has 2 aromatic heterocycles. The number of piperazine rings is 1. The maximum absolute atomic E-state index is 4.67. The average Bonchev–Trinajstić information content (AvgIpc) is 2.67. The molecular weight excluding hydrogens is 336 g/mol. The molecular formula is C21H24N6. The second kappa shape index (κ2) is 7.31. The van der Waals surface area contributed by atoms with E-state index < -0.39 is 0 Å². The van der Waals surface area contributed by atoms with E-state index in [-0.39, 0.29) is 0 Å². The van der Waals surface area contributed by atoms with Crippen molar-refractivity contribution >= 4 is 11.8 Å². The molecule has 3 heterocycles. The molecule has 0 radical (unpaired) electrons. The van der Waals surface area contributed by atoms with Gasteiger partial charge in [-0.2, -0.15) is 0 Å². The van der Waals surface area contributed by atoms with E-state index in [2.05, 4.69) is 47.9 Å². The highest BCUT2D eigenvalue weighted by Crippen LogP contribution is 2.23. The Morgan fingerprint density at radius 1 is 0.704 bits per heavy atom. The molecule has 0 unspecified atom stereocenters. The zero-order chi connectivity index (χ0) is 18.8. The lowest BCUT2D eigenvalue weighted by atomic mass is 10.1. The number of rotatable bonds is 3. The fraction of sp³-hybridized carbons (Fsp3) is 0.333. The zero-order valence-electron chi connectivity index (χ0n) is 16.1. The number of benzene rings is 1. The standard InChI is InChI=1S/C21H24N6/c1-15-13-16(2)23-21(22-15)27-11-9-26(10-12-27)20-14-19(24-17(3)25-20)18-7-5-4-6-8-18/h4-8,13-14H,9-12H2,1-3H3. The van der Waals surface area contributed by atoms with Crippen molar-refractivity contribution in [1.82, 2.24) is 19.9 Å². The highest BCUT2D eigenvalue weighted by Gasteiger charge is 2.21. The summed E-state index contributed by atoms with van der Waals surface area (Å²) in [6.07, 6.45) is 0. The van der Waals surface area contributed by atoms with Crippen LogP contribution in [0.15, 0.2) is 42.5 Å². The van der Waals surface area contributed by atoms with Gasteiger partial charge in [-0.25, -0.2) is 19.9 Å². The van der Waals surface area contributed by atoms with E-state index in [1.165, 1.54) is 0 Å². The van der Waals surface area contributed by atoms with Crippen LogP contribution in [0.1, 0.15) is 17.2 Å². The topological polar surface area (TPSA) is 58.0 Å². The molecule has 6 nitrogen and oxygen atoms in total. The molecule has 1 aromatic carbocycles. The first-order valence-corrected chi connectivity index (χ1v) is 9.32. The van der Waals surface area contributed by atoms with Gasteiger partial charge < -0.3 is 9.80 Å². The van der Waals surface area contributed by atoms with E-state index in [0.717, 1.165) is 66.4 Å². The van der Waals surface area contributed by atoms with Gasteiger partial charge >= 0.3 is 0 Å². The molecule has 0 bridgehead atoms. The highest BCUT2D eigenvalue weighted by atomic mass is 15.3. The van der Waals surface area contributed by atoms with E-state index >= 15 is 0 Å². The lowest BCUT2D eigenvalue weighted by Gasteiger charge is -2.35. The van der Waals surface area contributed by atoms with Crippen LogP contribution in [0.2, 0.25) is 0 Å². The molecule has 0 saturated carbocycles. The van der Waals surface area contributed by atoms with Gasteiger partial charge in [0.1, 0.15) is 11.6 Å². The van der Waals surface area contributed by atoms with Gasteiger partial charge in [0.2, 0.25) is 5.95 Å². The summed E-state index contributed by atoms with van der Waals surface area (Å²) >= 11 is 0. The van der Waals surface area contributed by atoms with Crippen LogP contribution >= 0.6 is 0 Å². The minimum absolute atomic E-state index is 0.798. The molecule has 1 saturated heterocycles. The van der Waals surface area contributed by atoms with Crippen molar-refractivity contribution in [1.29, 1.82) is 0 Å². The Bertz CT molecular complexity index is 912. The van der Waals surface area contributed by atoms with Gasteiger partial charge in [-0.3, -0.25) is 0 Å². The molecule has 3 aromatic rings. The summed E-state index contributed by atoms with van der Waals surface area (Å²) in [6, 6.07) is 14.4. The van der Waals surface area contributed by atoms with Crippen molar-refractivity contribution in [2.45, 2.75) is 20.8 Å². The van der Waals surface area contributed by atoms with Crippen molar-refractivity contribution in [2.75, 3.05) is 36.0 Å². The normalized spacial score (nSPS) is 14.5. The van der Waals surface area contributed by atoms with Crippen molar-refractivity contribution in [2.24, 2.45) is 0 Å².